The number of hydrogen-bond donors (Lipinski definition) is 1. The third kappa shape index (κ3) is 4.30. The highest BCUT2D eigenvalue weighted by Gasteiger charge is 2.31. The van der Waals surface area contributed by atoms with Crippen molar-refractivity contribution in [3.63, 3.8) is 0 Å². The van der Waals surface area contributed by atoms with Gasteiger partial charge in [-0.15, -0.1) is 10.2 Å². The summed E-state index contributed by atoms with van der Waals surface area (Å²) in [7, 11) is 0. The first-order chi connectivity index (χ1) is 13.4. The molecule has 1 N–H and O–H groups in total. The van der Waals surface area contributed by atoms with Gasteiger partial charge in [0.1, 0.15) is 11.6 Å². The van der Waals surface area contributed by atoms with Crippen molar-refractivity contribution in [1.29, 1.82) is 0 Å². The van der Waals surface area contributed by atoms with Crippen molar-refractivity contribution in [2.24, 2.45) is 0 Å². The van der Waals surface area contributed by atoms with E-state index < -0.39 is 0 Å². The Labute approximate surface area is 167 Å². The van der Waals surface area contributed by atoms with Crippen molar-refractivity contribution in [2.45, 2.75) is 56.6 Å². The van der Waals surface area contributed by atoms with Crippen LogP contribution in [0.2, 0.25) is 0 Å². The Morgan fingerprint density at radius 2 is 2.18 bits per heavy atom. The predicted molar refractivity (Wildman–Crippen MR) is 104 cm³/mol. The van der Waals surface area contributed by atoms with E-state index in [1.165, 1.54) is 11.8 Å². The fraction of sp³-hybridized carbons (Fsp3) is 0.474. The van der Waals surface area contributed by atoms with Gasteiger partial charge >= 0.3 is 0 Å². The zero-order chi connectivity index (χ0) is 19.7. The summed E-state index contributed by atoms with van der Waals surface area (Å²) in [6, 6.07) is 5.54. The Hall–Kier alpha value is -2.55. The fourth-order valence-electron chi connectivity index (χ4n) is 2.75. The van der Waals surface area contributed by atoms with Crippen LogP contribution in [0, 0.1) is 0 Å². The second-order valence-corrected chi connectivity index (χ2v) is 8.89. The van der Waals surface area contributed by atoms with Crippen LogP contribution in [-0.2, 0) is 16.8 Å². The smallest absolute Gasteiger partial charge is 0.237 e. The molecular weight excluding hydrogens is 378 g/mol. The molecule has 0 aliphatic heterocycles. The van der Waals surface area contributed by atoms with Crippen molar-refractivity contribution in [1.82, 2.24) is 19.9 Å². The largest absolute Gasteiger partial charge is 0.467 e. The summed E-state index contributed by atoms with van der Waals surface area (Å²) >= 11 is 1.35. The van der Waals surface area contributed by atoms with E-state index in [1.54, 1.807) is 12.3 Å². The minimum atomic E-state index is -0.179. The van der Waals surface area contributed by atoms with Crippen LogP contribution in [0.3, 0.4) is 0 Å². The molecule has 3 aromatic rings. The lowest BCUT2D eigenvalue weighted by Gasteiger charge is -2.12. The van der Waals surface area contributed by atoms with E-state index in [2.05, 4.69) is 20.7 Å². The summed E-state index contributed by atoms with van der Waals surface area (Å²) in [5, 5.41) is 16.1. The molecule has 8 nitrogen and oxygen atoms in total. The number of anilines is 1. The molecule has 3 aromatic heterocycles. The van der Waals surface area contributed by atoms with Crippen LogP contribution in [0.4, 0.5) is 5.88 Å². The number of aromatic nitrogens is 4. The minimum absolute atomic E-state index is 0.136. The maximum Gasteiger partial charge on any atom is 0.237 e. The quantitative estimate of drug-likeness (QED) is 0.601. The van der Waals surface area contributed by atoms with E-state index in [0.717, 1.165) is 30.1 Å². The summed E-state index contributed by atoms with van der Waals surface area (Å²) in [6.45, 7) is 6.67. The lowest BCUT2D eigenvalue weighted by atomic mass is 9.92. The highest BCUT2D eigenvalue weighted by atomic mass is 32.2. The van der Waals surface area contributed by atoms with Gasteiger partial charge in [-0.25, -0.2) is 0 Å². The number of rotatable bonds is 7. The van der Waals surface area contributed by atoms with Crippen molar-refractivity contribution in [3.05, 3.63) is 41.7 Å². The maximum atomic E-state index is 12.3. The van der Waals surface area contributed by atoms with E-state index in [9.17, 15) is 4.79 Å². The SMILES string of the molecule is CC(C)(C)c1cc(NC(=O)CSc2nnc(C3CC3)n2Cc2ccco2)on1. The van der Waals surface area contributed by atoms with Gasteiger partial charge in [-0.3, -0.25) is 14.7 Å². The number of furan rings is 1. The van der Waals surface area contributed by atoms with Gasteiger partial charge in [0.05, 0.1) is 24.3 Å². The lowest BCUT2D eigenvalue weighted by Crippen LogP contribution is -2.15. The molecule has 1 fully saturated rings. The van der Waals surface area contributed by atoms with Crippen LogP contribution >= 0.6 is 11.8 Å². The van der Waals surface area contributed by atoms with Gasteiger partial charge in [0, 0.05) is 17.4 Å². The molecule has 28 heavy (non-hydrogen) atoms. The van der Waals surface area contributed by atoms with Gasteiger partial charge in [0.2, 0.25) is 11.8 Å². The Balaban J connectivity index is 1.40. The van der Waals surface area contributed by atoms with Crippen molar-refractivity contribution in [3.8, 4) is 0 Å². The number of carbonyl (C=O) groups excluding carboxylic acids is 1. The van der Waals surface area contributed by atoms with Crippen LogP contribution in [0.1, 0.15) is 56.8 Å². The van der Waals surface area contributed by atoms with E-state index >= 15 is 0 Å². The van der Waals surface area contributed by atoms with Crippen LogP contribution in [-0.4, -0.2) is 31.6 Å². The molecule has 1 aliphatic carbocycles. The number of thioether (sulfide) groups is 1. The van der Waals surface area contributed by atoms with Crippen LogP contribution < -0.4 is 5.32 Å². The zero-order valence-electron chi connectivity index (χ0n) is 16.1. The summed E-state index contributed by atoms with van der Waals surface area (Å²) in [5.41, 5.74) is 0.658. The van der Waals surface area contributed by atoms with Gasteiger partial charge in [-0.05, 0) is 25.0 Å². The highest BCUT2D eigenvalue weighted by molar-refractivity contribution is 7.99. The van der Waals surface area contributed by atoms with E-state index in [1.807, 2.05) is 37.5 Å². The first-order valence-electron chi connectivity index (χ1n) is 9.25. The third-order valence-corrected chi connectivity index (χ3v) is 5.42. The molecule has 0 radical (unpaired) electrons. The van der Waals surface area contributed by atoms with Crippen LogP contribution in [0.15, 0.2) is 38.6 Å². The zero-order valence-corrected chi connectivity index (χ0v) is 17.0. The molecule has 0 spiro atoms. The fourth-order valence-corrected chi connectivity index (χ4v) is 3.49. The standard InChI is InChI=1S/C19H23N5O3S/c1-19(2,3)14-9-16(27-23-14)20-15(25)11-28-18-22-21-17(12-6-7-12)24(18)10-13-5-4-8-26-13/h4-5,8-9,12H,6-7,10-11H2,1-3H3,(H,20,25). The molecule has 0 unspecified atom stereocenters. The molecule has 9 heteroatoms. The molecule has 0 aromatic carbocycles. The summed E-state index contributed by atoms with van der Waals surface area (Å²) < 4.78 is 12.7. The summed E-state index contributed by atoms with van der Waals surface area (Å²) in [4.78, 5) is 12.3. The van der Waals surface area contributed by atoms with E-state index in [0.29, 0.717) is 23.5 Å². The molecule has 3 heterocycles. The molecule has 1 aliphatic rings. The third-order valence-electron chi connectivity index (χ3n) is 4.46. The van der Waals surface area contributed by atoms with Crippen LogP contribution in [0.25, 0.3) is 0 Å². The van der Waals surface area contributed by atoms with E-state index in [-0.39, 0.29) is 17.1 Å². The van der Waals surface area contributed by atoms with Crippen LogP contribution in [0.5, 0.6) is 0 Å². The van der Waals surface area contributed by atoms with Crippen molar-refractivity contribution >= 4 is 23.6 Å². The Bertz CT molecular complexity index is 951. The molecule has 1 amide bonds. The average Bonchev–Trinajstić information content (AvgIpc) is 3.03. The number of nitrogens with zero attached hydrogens (tertiary/aromatic N) is 4. The second kappa shape index (κ2) is 7.46. The highest BCUT2D eigenvalue weighted by Crippen LogP contribution is 2.40. The summed E-state index contributed by atoms with van der Waals surface area (Å²) in [5.74, 6) is 2.63. The molecule has 4 rings (SSSR count). The minimum Gasteiger partial charge on any atom is -0.467 e. The molecular formula is C19H23N5O3S. The number of carbonyl (C=O) groups is 1. The van der Waals surface area contributed by atoms with Gasteiger partial charge < -0.3 is 8.94 Å². The Morgan fingerprint density at radius 3 is 2.82 bits per heavy atom. The monoisotopic (exact) mass is 401 g/mol. The Morgan fingerprint density at radius 1 is 1.36 bits per heavy atom. The molecule has 0 saturated heterocycles. The molecule has 148 valence electrons. The molecule has 0 atom stereocenters. The Kier molecular flexibility index (Phi) is 5.01. The van der Waals surface area contributed by atoms with Gasteiger partial charge in [0.15, 0.2) is 5.16 Å². The van der Waals surface area contributed by atoms with Gasteiger partial charge in [0.25, 0.3) is 0 Å². The molecule has 1 saturated carbocycles. The van der Waals surface area contributed by atoms with Gasteiger partial charge in [-0.1, -0.05) is 37.7 Å². The maximum absolute atomic E-state index is 12.3. The lowest BCUT2D eigenvalue weighted by molar-refractivity contribution is -0.113. The summed E-state index contributed by atoms with van der Waals surface area (Å²) in [6.07, 6.45) is 3.91. The molecule has 0 bridgehead atoms. The second-order valence-electron chi connectivity index (χ2n) is 7.94. The predicted octanol–water partition coefficient (Wildman–Crippen LogP) is 3.81. The van der Waals surface area contributed by atoms with E-state index in [4.69, 9.17) is 8.94 Å². The van der Waals surface area contributed by atoms with Crippen molar-refractivity contribution < 1.29 is 13.7 Å². The first-order valence-corrected chi connectivity index (χ1v) is 10.2. The average molecular weight is 401 g/mol. The normalized spacial score (nSPS) is 14.4. The topological polar surface area (TPSA) is 99.0 Å². The van der Waals surface area contributed by atoms with Gasteiger partial charge in [-0.2, -0.15) is 0 Å². The number of amides is 1. The number of hydrogen-bond acceptors (Lipinski definition) is 7. The first kappa shape index (κ1) is 18.8. The van der Waals surface area contributed by atoms with Crippen molar-refractivity contribution in [2.75, 3.05) is 11.1 Å². The number of nitrogens with one attached hydrogen (secondary N) is 1.